The molecular weight excluding hydrogens is 314 g/mol. The zero-order chi connectivity index (χ0) is 17.4. The summed E-state index contributed by atoms with van der Waals surface area (Å²) in [7, 11) is 1.91. The summed E-state index contributed by atoms with van der Waals surface area (Å²) in [4.78, 5) is 25.4. The summed E-state index contributed by atoms with van der Waals surface area (Å²) in [5, 5.41) is 3.46. The molecule has 130 valence electrons. The Morgan fingerprint density at radius 2 is 1.92 bits per heavy atom. The molecule has 2 aliphatic rings. The Morgan fingerprint density at radius 1 is 1.16 bits per heavy atom. The molecule has 0 saturated heterocycles. The highest BCUT2D eigenvalue weighted by atomic mass is 16.2. The van der Waals surface area contributed by atoms with Crippen LogP contribution in [0.4, 0.5) is 17.3 Å². The Labute approximate surface area is 147 Å². The normalized spacial score (nSPS) is 17.3. The third-order valence-electron chi connectivity index (χ3n) is 4.87. The van der Waals surface area contributed by atoms with Gasteiger partial charge in [-0.05, 0) is 37.8 Å². The summed E-state index contributed by atoms with van der Waals surface area (Å²) >= 11 is 0. The highest BCUT2D eigenvalue weighted by Crippen LogP contribution is 2.32. The maximum Gasteiger partial charge on any atom is 0.246 e. The second-order valence-electron chi connectivity index (χ2n) is 7.02. The van der Waals surface area contributed by atoms with Crippen LogP contribution in [-0.2, 0) is 11.3 Å². The van der Waals surface area contributed by atoms with Gasteiger partial charge in [0.05, 0.1) is 18.7 Å². The number of amides is 1. The number of carbonyl (C=O) groups is 1. The van der Waals surface area contributed by atoms with Crippen molar-refractivity contribution in [3.05, 3.63) is 41.7 Å². The molecule has 0 unspecified atom stereocenters. The van der Waals surface area contributed by atoms with Crippen LogP contribution in [-0.4, -0.2) is 36.0 Å². The molecule has 1 aliphatic carbocycles. The number of fused-ring (bicyclic) bond motifs is 1. The number of anilines is 3. The van der Waals surface area contributed by atoms with Gasteiger partial charge in [-0.25, -0.2) is 9.97 Å². The van der Waals surface area contributed by atoms with E-state index in [1.807, 2.05) is 48.0 Å². The summed E-state index contributed by atoms with van der Waals surface area (Å²) in [5.41, 5.74) is 3.07. The van der Waals surface area contributed by atoms with Gasteiger partial charge in [0.2, 0.25) is 5.91 Å². The zero-order valence-electron chi connectivity index (χ0n) is 14.7. The summed E-state index contributed by atoms with van der Waals surface area (Å²) < 4.78 is 0. The van der Waals surface area contributed by atoms with Crippen LogP contribution in [0.15, 0.2) is 30.6 Å². The molecule has 1 amide bonds. The van der Waals surface area contributed by atoms with E-state index >= 15 is 0 Å². The van der Waals surface area contributed by atoms with Gasteiger partial charge in [0.15, 0.2) is 0 Å². The number of nitrogens with one attached hydrogen (secondary N) is 1. The van der Waals surface area contributed by atoms with Crippen molar-refractivity contribution in [1.82, 2.24) is 9.97 Å². The van der Waals surface area contributed by atoms with Gasteiger partial charge in [0.1, 0.15) is 18.0 Å². The van der Waals surface area contributed by atoms with Crippen LogP contribution in [0, 0.1) is 12.8 Å². The smallest absolute Gasteiger partial charge is 0.246 e. The van der Waals surface area contributed by atoms with Crippen LogP contribution in [0.1, 0.15) is 24.0 Å². The Morgan fingerprint density at radius 3 is 2.64 bits per heavy atom. The molecule has 0 spiro atoms. The molecule has 0 radical (unpaired) electrons. The van der Waals surface area contributed by atoms with Crippen LogP contribution in [0.5, 0.6) is 0 Å². The summed E-state index contributed by atoms with van der Waals surface area (Å²) in [6.07, 6.45) is 4.15. The third kappa shape index (κ3) is 3.29. The number of hydrogen-bond donors (Lipinski definition) is 1. The predicted octanol–water partition coefficient (Wildman–Crippen LogP) is 2.59. The third-order valence-corrected chi connectivity index (χ3v) is 4.87. The van der Waals surface area contributed by atoms with Crippen molar-refractivity contribution in [3.63, 3.8) is 0 Å². The minimum atomic E-state index is 0.0671. The highest BCUT2D eigenvalue weighted by Gasteiger charge is 2.29. The van der Waals surface area contributed by atoms with Gasteiger partial charge in [-0.2, -0.15) is 0 Å². The van der Waals surface area contributed by atoms with E-state index in [0.717, 1.165) is 35.3 Å². The van der Waals surface area contributed by atoms with E-state index in [0.29, 0.717) is 13.1 Å². The van der Waals surface area contributed by atoms with E-state index in [2.05, 4.69) is 15.3 Å². The Bertz CT molecular complexity index is 785. The fraction of sp³-hybridized carbons (Fsp3) is 0.421. The molecule has 2 heterocycles. The van der Waals surface area contributed by atoms with E-state index in [1.54, 1.807) is 6.33 Å². The molecule has 1 aromatic carbocycles. The topological polar surface area (TPSA) is 61.4 Å². The number of benzene rings is 1. The SMILES string of the molecule is Cc1ccc(N2Cc3c(NCC4CC4)ncnc3N(C)CC2=O)cc1. The lowest BCUT2D eigenvalue weighted by Crippen LogP contribution is -2.35. The molecular formula is C19H23N5O. The standard InChI is InChI=1S/C19H23N5O/c1-13-3-7-15(8-4-13)24-10-16-18(20-9-14-5-6-14)21-12-22-19(16)23(2)11-17(24)25/h3-4,7-8,12,14H,5-6,9-11H2,1-2H3,(H,20,21,22). The molecule has 1 aromatic heterocycles. The van der Waals surface area contributed by atoms with E-state index in [9.17, 15) is 4.79 Å². The van der Waals surface area contributed by atoms with Gasteiger partial charge >= 0.3 is 0 Å². The first-order chi connectivity index (χ1) is 12.1. The quantitative estimate of drug-likeness (QED) is 0.929. The van der Waals surface area contributed by atoms with Crippen molar-refractivity contribution in [2.45, 2.75) is 26.3 Å². The molecule has 4 rings (SSSR count). The maximum absolute atomic E-state index is 12.8. The maximum atomic E-state index is 12.8. The molecule has 1 N–H and O–H groups in total. The zero-order valence-corrected chi connectivity index (χ0v) is 14.7. The lowest BCUT2D eigenvalue weighted by Gasteiger charge is -2.21. The molecule has 0 atom stereocenters. The van der Waals surface area contributed by atoms with Crippen LogP contribution in [0.25, 0.3) is 0 Å². The fourth-order valence-corrected chi connectivity index (χ4v) is 3.16. The van der Waals surface area contributed by atoms with Crippen molar-refractivity contribution in [2.75, 3.05) is 35.3 Å². The van der Waals surface area contributed by atoms with E-state index < -0.39 is 0 Å². The first-order valence-corrected chi connectivity index (χ1v) is 8.77. The predicted molar refractivity (Wildman–Crippen MR) is 98.9 cm³/mol. The number of hydrogen-bond acceptors (Lipinski definition) is 5. The first-order valence-electron chi connectivity index (χ1n) is 8.77. The van der Waals surface area contributed by atoms with Gasteiger partial charge in [0.25, 0.3) is 0 Å². The van der Waals surface area contributed by atoms with E-state index in [-0.39, 0.29) is 5.91 Å². The Kier molecular flexibility index (Phi) is 4.03. The van der Waals surface area contributed by atoms with E-state index in [1.165, 1.54) is 18.4 Å². The fourth-order valence-electron chi connectivity index (χ4n) is 3.16. The second kappa shape index (κ2) is 6.35. The molecule has 2 aromatic rings. The van der Waals surface area contributed by atoms with Crippen molar-refractivity contribution < 1.29 is 4.79 Å². The molecule has 1 saturated carbocycles. The lowest BCUT2D eigenvalue weighted by molar-refractivity contribution is -0.117. The van der Waals surface area contributed by atoms with Crippen LogP contribution < -0.4 is 15.1 Å². The minimum absolute atomic E-state index is 0.0671. The molecule has 6 nitrogen and oxygen atoms in total. The molecule has 25 heavy (non-hydrogen) atoms. The molecule has 1 fully saturated rings. The largest absolute Gasteiger partial charge is 0.369 e. The summed E-state index contributed by atoms with van der Waals surface area (Å²) in [6.45, 7) is 3.77. The number of rotatable bonds is 4. The number of nitrogens with zero attached hydrogens (tertiary/aromatic N) is 4. The van der Waals surface area contributed by atoms with Crippen molar-refractivity contribution in [3.8, 4) is 0 Å². The van der Waals surface area contributed by atoms with Gasteiger partial charge in [-0.15, -0.1) is 0 Å². The average molecular weight is 337 g/mol. The number of aromatic nitrogens is 2. The van der Waals surface area contributed by atoms with Crippen LogP contribution in [0.2, 0.25) is 0 Å². The molecule has 0 bridgehead atoms. The number of likely N-dealkylation sites (N-methyl/N-ethyl adjacent to an activating group) is 1. The second-order valence-corrected chi connectivity index (χ2v) is 7.02. The van der Waals surface area contributed by atoms with Gasteiger partial charge in [0, 0.05) is 19.3 Å². The Balaban J connectivity index is 1.69. The lowest BCUT2D eigenvalue weighted by atomic mass is 10.2. The van der Waals surface area contributed by atoms with Gasteiger partial charge < -0.3 is 15.1 Å². The molecule has 6 heteroatoms. The first kappa shape index (κ1) is 15.9. The number of carbonyl (C=O) groups excluding carboxylic acids is 1. The van der Waals surface area contributed by atoms with E-state index in [4.69, 9.17) is 0 Å². The monoisotopic (exact) mass is 337 g/mol. The minimum Gasteiger partial charge on any atom is -0.369 e. The Hall–Kier alpha value is -2.63. The summed E-state index contributed by atoms with van der Waals surface area (Å²) in [5.74, 6) is 2.49. The van der Waals surface area contributed by atoms with Crippen LogP contribution >= 0.6 is 0 Å². The van der Waals surface area contributed by atoms with Crippen LogP contribution in [0.3, 0.4) is 0 Å². The van der Waals surface area contributed by atoms with Crippen molar-refractivity contribution >= 4 is 23.2 Å². The van der Waals surface area contributed by atoms with Crippen molar-refractivity contribution in [2.24, 2.45) is 5.92 Å². The average Bonchev–Trinajstić information content (AvgIpc) is 3.43. The molecule has 1 aliphatic heterocycles. The highest BCUT2D eigenvalue weighted by molar-refractivity contribution is 5.97. The summed E-state index contributed by atoms with van der Waals surface area (Å²) in [6, 6.07) is 8.07. The van der Waals surface area contributed by atoms with Gasteiger partial charge in [-0.3, -0.25) is 4.79 Å². The van der Waals surface area contributed by atoms with Gasteiger partial charge in [-0.1, -0.05) is 17.7 Å². The van der Waals surface area contributed by atoms with Crippen molar-refractivity contribution in [1.29, 1.82) is 0 Å². The number of aryl methyl sites for hydroxylation is 1.